The first kappa shape index (κ1) is 10.3. The van der Waals surface area contributed by atoms with Gasteiger partial charge in [-0.25, -0.2) is 4.98 Å². The molecule has 0 spiro atoms. The molecule has 3 nitrogen and oxygen atoms in total. The Bertz CT molecular complexity index is 379. The van der Waals surface area contributed by atoms with Gasteiger partial charge in [0.05, 0.1) is 6.04 Å². The lowest BCUT2D eigenvalue weighted by Gasteiger charge is -2.06. The SMILES string of the molecule is C#CC(C)NC(=O)c1cccc(C)n1. The van der Waals surface area contributed by atoms with Crippen molar-refractivity contribution in [1.29, 1.82) is 0 Å². The molecule has 0 aliphatic rings. The molecule has 1 aromatic heterocycles. The van der Waals surface area contributed by atoms with E-state index in [9.17, 15) is 4.79 Å². The van der Waals surface area contributed by atoms with Crippen LogP contribution in [0.5, 0.6) is 0 Å². The highest BCUT2D eigenvalue weighted by atomic mass is 16.1. The van der Waals surface area contributed by atoms with Crippen LogP contribution >= 0.6 is 0 Å². The predicted molar refractivity (Wildman–Crippen MR) is 54.7 cm³/mol. The number of aromatic nitrogens is 1. The molecule has 0 saturated carbocycles. The molecule has 0 bridgehead atoms. The minimum absolute atomic E-state index is 0.237. The first-order chi connectivity index (χ1) is 6.63. The number of hydrogen-bond acceptors (Lipinski definition) is 2. The van der Waals surface area contributed by atoms with Crippen LogP contribution in [-0.4, -0.2) is 16.9 Å². The number of pyridine rings is 1. The third kappa shape index (κ3) is 2.60. The summed E-state index contributed by atoms with van der Waals surface area (Å²) in [5.41, 5.74) is 1.21. The zero-order valence-corrected chi connectivity index (χ0v) is 8.24. The molecule has 1 rings (SSSR count). The molecule has 0 radical (unpaired) electrons. The fourth-order valence-electron chi connectivity index (χ4n) is 0.982. The minimum atomic E-state index is -0.273. The van der Waals surface area contributed by atoms with Gasteiger partial charge in [-0.05, 0) is 26.0 Å². The van der Waals surface area contributed by atoms with Crippen molar-refractivity contribution in [3.05, 3.63) is 29.6 Å². The number of terminal acetylenes is 1. The molecular weight excluding hydrogens is 176 g/mol. The van der Waals surface area contributed by atoms with E-state index >= 15 is 0 Å². The molecule has 0 aliphatic heterocycles. The van der Waals surface area contributed by atoms with Crippen LogP contribution in [0.15, 0.2) is 18.2 Å². The van der Waals surface area contributed by atoms with E-state index in [0.29, 0.717) is 5.69 Å². The molecule has 0 saturated heterocycles. The molecule has 1 heterocycles. The zero-order chi connectivity index (χ0) is 10.6. The van der Waals surface area contributed by atoms with Gasteiger partial charge in [0.15, 0.2) is 0 Å². The van der Waals surface area contributed by atoms with Crippen molar-refractivity contribution in [1.82, 2.24) is 10.3 Å². The van der Waals surface area contributed by atoms with Crippen LogP contribution in [0.25, 0.3) is 0 Å². The number of nitrogens with one attached hydrogen (secondary N) is 1. The summed E-state index contributed by atoms with van der Waals surface area (Å²) in [4.78, 5) is 15.6. The zero-order valence-electron chi connectivity index (χ0n) is 8.24. The Kier molecular flexibility index (Phi) is 3.24. The van der Waals surface area contributed by atoms with E-state index in [1.54, 1.807) is 19.1 Å². The summed E-state index contributed by atoms with van der Waals surface area (Å²) in [6.45, 7) is 3.58. The average Bonchev–Trinajstić information content (AvgIpc) is 2.17. The molecule has 72 valence electrons. The number of hydrogen-bond donors (Lipinski definition) is 1. The maximum Gasteiger partial charge on any atom is 0.270 e. The number of carbonyl (C=O) groups is 1. The van der Waals surface area contributed by atoms with Gasteiger partial charge in [-0.1, -0.05) is 12.0 Å². The van der Waals surface area contributed by atoms with Crippen molar-refractivity contribution >= 4 is 5.91 Å². The second-order valence-electron chi connectivity index (χ2n) is 3.03. The maximum atomic E-state index is 11.5. The van der Waals surface area contributed by atoms with Gasteiger partial charge >= 0.3 is 0 Å². The predicted octanol–water partition coefficient (Wildman–Crippen LogP) is 1.14. The first-order valence-corrected chi connectivity index (χ1v) is 4.34. The Morgan fingerprint density at radius 2 is 2.36 bits per heavy atom. The van der Waals surface area contributed by atoms with Crippen molar-refractivity contribution in [2.75, 3.05) is 0 Å². The normalized spacial score (nSPS) is 11.5. The topological polar surface area (TPSA) is 42.0 Å². The maximum absolute atomic E-state index is 11.5. The van der Waals surface area contributed by atoms with Gasteiger partial charge in [0, 0.05) is 5.69 Å². The van der Waals surface area contributed by atoms with E-state index in [-0.39, 0.29) is 11.9 Å². The van der Waals surface area contributed by atoms with E-state index in [2.05, 4.69) is 16.2 Å². The van der Waals surface area contributed by atoms with Crippen LogP contribution in [-0.2, 0) is 0 Å². The summed E-state index contributed by atoms with van der Waals surface area (Å²) in [6.07, 6.45) is 5.14. The molecule has 1 aromatic rings. The highest BCUT2D eigenvalue weighted by Gasteiger charge is 2.08. The fourth-order valence-corrected chi connectivity index (χ4v) is 0.982. The highest BCUT2D eigenvalue weighted by molar-refractivity contribution is 5.92. The van der Waals surface area contributed by atoms with E-state index in [1.165, 1.54) is 0 Å². The molecular formula is C11H12N2O. The van der Waals surface area contributed by atoms with Gasteiger partial charge in [0.2, 0.25) is 0 Å². The summed E-state index contributed by atoms with van der Waals surface area (Å²) < 4.78 is 0. The van der Waals surface area contributed by atoms with Crippen LogP contribution in [0.4, 0.5) is 0 Å². The van der Waals surface area contributed by atoms with E-state index in [0.717, 1.165) is 5.69 Å². The molecule has 1 N–H and O–H groups in total. The monoisotopic (exact) mass is 188 g/mol. The second-order valence-corrected chi connectivity index (χ2v) is 3.03. The Hall–Kier alpha value is -1.82. The number of nitrogens with zero attached hydrogens (tertiary/aromatic N) is 1. The third-order valence-electron chi connectivity index (χ3n) is 1.72. The lowest BCUT2D eigenvalue weighted by atomic mass is 10.3. The summed E-state index contributed by atoms with van der Waals surface area (Å²) in [5.74, 6) is 2.18. The number of aryl methyl sites for hydroxylation is 1. The molecule has 1 atom stereocenters. The summed E-state index contributed by atoms with van der Waals surface area (Å²) in [7, 11) is 0. The largest absolute Gasteiger partial charge is 0.337 e. The molecule has 0 aliphatic carbocycles. The lowest BCUT2D eigenvalue weighted by Crippen LogP contribution is -2.31. The third-order valence-corrected chi connectivity index (χ3v) is 1.72. The molecule has 14 heavy (non-hydrogen) atoms. The molecule has 0 fully saturated rings. The first-order valence-electron chi connectivity index (χ1n) is 4.34. The summed E-state index contributed by atoms with van der Waals surface area (Å²) >= 11 is 0. The van der Waals surface area contributed by atoms with Crippen LogP contribution < -0.4 is 5.32 Å². The van der Waals surface area contributed by atoms with Crippen LogP contribution in [0, 0.1) is 19.3 Å². The van der Waals surface area contributed by atoms with Crippen molar-refractivity contribution in [3.63, 3.8) is 0 Å². The van der Waals surface area contributed by atoms with Crippen molar-refractivity contribution in [2.24, 2.45) is 0 Å². The minimum Gasteiger partial charge on any atom is -0.337 e. The van der Waals surface area contributed by atoms with Gasteiger partial charge in [-0.2, -0.15) is 0 Å². The summed E-state index contributed by atoms with van der Waals surface area (Å²) in [5, 5.41) is 2.64. The van der Waals surface area contributed by atoms with Gasteiger partial charge in [0.25, 0.3) is 5.91 Å². The highest BCUT2D eigenvalue weighted by Crippen LogP contribution is 1.98. The van der Waals surface area contributed by atoms with Crippen molar-refractivity contribution in [2.45, 2.75) is 19.9 Å². The van der Waals surface area contributed by atoms with Gasteiger partial charge in [0.1, 0.15) is 5.69 Å². The van der Waals surface area contributed by atoms with Gasteiger partial charge in [-0.15, -0.1) is 6.42 Å². The Balaban J connectivity index is 2.76. The standard InChI is InChI=1S/C11H12N2O/c1-4-8(2)13-11(14)10-7-5-6-9(3)12-10/h1,5-8H,2-3H3,(H,13,14). The van der Waals surface area contributed by atoms with Crippen LogP contribution in [0.3, 0.4) is 0 Å². The van der Waals surface area contributed by atoms with E-state index in [4.69, 9.17) is 6.42 Å². The second kappa shape index (κ2) is 4.43. The Morgan fingerprint density at radius 3 is 2.93 bits per heavy atom. The number of amides is 1. The molecule has 0 aromatic carbocycles. The van der Waals surface area contributed by atoms with Gasteiger partial charge < -0.3 is 5.32 Å². The molecule has 1 unspecified atom stereocenters. The van der Waals surface area contributed by atoms with Crippen molar-refractivity contribution in [3.8, 4) is 12.3 Å². The van der Waals surface area contributed by atoms with Gasteiger partial charge in [-0.3, -0.25) is 4.79 Å². The van der Waals surface area contributed by atoms with Crippen LogP contribution in [0.2, 0.25) is 0 Å². The fraction of sp³-hybridized carbons (Fsp3) is 0.273. The molecule has 1 amide bonds. The quantitative estimate of drug-likeness (QED) is 0.707. The van der Waals surface area contributed by atoms with E-state index < -0.39 is 0 Å². The lowest BCUT2D eigenvalue weighted by molar-refractivity contribution is 0.0943. The van der Waals surface area contributed by atoms with Crippen molar-refractivity contribution < 1.29 is 4.79 Å². The Morgan fingerprint density at radius 1 is 1.64 bits per heavy atom. The smallest absolute Gasteiger partial charge is 0.270 e. The summed E-state index contributed by atoms with van der Waals surface area (Å²) in [6, 6.07) is 5.01. The molecule has 3 heteroatoms. The average molecular weight is 188 g/mol. The van der Waals surface area contributed by atoms with E-state index in [1.807, 2.05) is 13.0 Å². The van der Waals surface area contributed by atoms with Crippen LogP contribution in [0.1, 0.15) is 23.1 Å². The number of carbonyl (C=O) groups excluding carboxylic acids is 1. The Labute approximate surface area is 83.6 Å². The number of rotatable bonds is 2.